The number of rotatable bonds is 3. The molecule has 2 aromatic rings. The topological polar surface area (TPSA) is 47.1 Å². The monoisotopic (exact) mass is 294 g/mol. The maximum absolute atomic E-state index is 5.97. The van der Waals surface area contributed by atoms with Gasteiger partial charge in [0.1, 0.15) is 0 Å². The Morgan fingerprint density at radius 2 is 2.24 bits per heavy atom. The van der Waals surface area contributed by atoms with E-state index in [1.165, 1.54) is 0 Å². The first kappa shape index (κ1) is 12.0. The molecular weight excluding hydrogens is 280 g/mol. The maximum atomic E-state index is 5.97. The zero-order valence-corrected chi connectivity index (χ0v) is 11.5. The van der Waals surface area contributed by atoms with Crippen LogP contribution in [0.4, 0.5) is 11.4 Å². The van der Waals surface area contributed by atoms with E-state index in [0.29, 0.717) is 0 Å². The number of halogens is 1. The highest BCUT2D eigenvalue weighted by Gasteiger charge is 2.07. The van der Waals surface area contributed by atoms with Crippen LogP contribution in [0.1, 0.15) is 5.56 Å². The summed E-state index contributed by atoms with van der Waals surface area (Å²) in [6.07, 6.45) is 3.87. The number of hydrogen-bond donors (Lipinski definition) is 1. The zero-order valence-electron chi connectivity index (χ0n) is 9.89. The van der Waals surface area contributed by atoms with Crippen molar-refractivity contribution in [2.45, 2.75) is 6.54 Å². The van der Waals surface area contributed by atoms with Gasteiger partial charge in [-0.25, -0.2) is 0 Å². The first-order chi connectivity index (χ1) is 8.06. The van der Waals surface area contributed by atoms with E-state index in [1.54, 1.807) is 4.68 Å². The van der Waals surface area contributed by atoms with Crippen LogP contribution in [0.15, 0.2) is 35.1 Å². The van der Waals surface area contributed by atoms with E-state index in [2.05, 4.69) is 25.9 Å². The van der Waals surface area contributed by atoms with Crippen LogP contribution in [-0.4, -0.2) is 16.8 Å². The van der Waals surface area contributed by atoms with Crippen LogP contribution in [0.3, 0.4) is 0 Å². The molecular formula is C12H15BrN4. The summed E-state index contributed by atoms with van der Waals surface area (Å²) < 4.78 is 2.83. The molecule has 17 heavy (non-hydrogen) atoms. The highest BCUT2D eigenvalue weighted by atomic mass is 79.9. The SMILES string of the molecule is CN(Cc1cnn(C)c1)c1cc(Br)ccc1N. The largest absolute Gasteiger partial charge is 0.397 e. The number of nitrogens with zero attached hydrogens (tertiary/aromatic N) is 3. The van der Waals surface area contributed by atoms with Crippen LogP contribution >= 0.6 is 15.9 Å². The van der Waals surface area contributed by atoms with Crippen LogP contribution < -0.4 is 10.6 Å². The van der Waals surface area contributed by atoms with Crippen molar-refractivity contribution < 1.29 is 0 Å². The van der Waals surface area contributed by atoms with Gasteiger partial charge >= 0.3 is 0 Å². The summed E-state index contributed by atoms with van der Waals surface area (Å²) in [7, 11) is 3.93. The van der Waals surface area contributed by atoms with Crippen molar-refractivity contribution in [3.05, 3.63) is 40.6 Å². The molecule has 0 saturated carbocycles. The molecule has 4 nitrogen and oxygen atoms in total. The summed E-state index contributed by atoms with van der Waals surface area (Å²) in [5.41, 5.74) is 8.92. The van der Waals surface area contributed by atoms with Gasteiger partial charge in [0.25, 0.3) is 0 Å². The molecule has 0 bridgehead atoms. The van der Waals surface area contributed by atoms with Gasteiger partial charge in [-0.15, -0.1) is 0 Å². The van der Waals surface area contributed by atoms with Crippen LogP contribution in [0, 0.1) is 0 Å². The van der Waals surface area contributed by atoms with Crippen LogP contribution in [-0.2, 0) is 13.6 Å². The predicted molar refractivity (Wildman–Crippen MR) is 73.9 cm³/mol. The van der Waals surface area contributed by atoms with Crippen LogP contribution in [0.25, 0.3) is 0 Å². The molecule has 1 heterocycles. The van der Waals surface area contributed by atoms with Crippen molar-refractivity contribution in [1.29, 1.82) is 0 Å². The Bertz CT molecular complexity index is 521. The fraction of sp³-hybridized carbons (Fsp3) is 0.250. The highest BCUT2D eigenvalue weighted by Crippen LogP contribution is 2.27. The smallest absolute Gasteiger partial charge is 0.0611 e. The molecule has 0 radical (unpaired) electrons. The summed E-state index contributed by atoms with van der Waals surface area (Å²) in [5.74, 6) is 0. The fourth-order valence-electron chi connectivity index (χ4n) is 1.76. The number of nitrogens with two attached hydrogens (primary N) is 1. The quantitative estimate of drug-likeness (QED) is 0.885. The van der Waals surface area contributed by atoms with Gasteiger partial charge in [0.2, 0.25) is 0 Å². The molecule has 0 atom stereocenters. The van der Waals surface area contributed by atoms with Crippen molar-refractivity contribution in [3.8, 4) is 0 Å². The number of hydrogen-bond acceptors (Lipinski definition) is 3. The third-order valence-corrected chi connectivity index (χ3v) is 3.08. The molecule has 0 amide bonds. The van der Waals surface area contributed by atoms with E-state index in [9.17, 15) is 0 Å². The normalized spacial score (nSPS) is 10.5. The van der Waals surface area contributed by atoms with Gasteiger partial charge in [-0.2, -0.15) is 5.10 Å². The van der Waals surface area contributed by atoms with Crippen molar-refractivity contribution in [3.63, 3.8) is 0 Å². The van der Waals surface area contributed by atoms with Crippen LogP contribution in [0.5, 0.6) is 0 Å². The Morgan fingerprint density at radius 3 is 2.88 bits per heavy atom. The van der Waals surface area contributed by atoms with E-state index in [-0.39, 0.29) is 0 Å². The van der Waals surface area contributed by atoms with Gasteiger partial charge < -0.3 is 10.6 Å². The Kier molecular flexibility index (Phi) is 3.38. The Hall–Kier alpha value is -1.49. The summed E-state index contributed by atoms with van der Waals surface area (Å²) in [4.78, 5) is 2.11. The molecule has 1 aromatic heterocycles. The van der Waals surface area contributed by atoms with Crippen molar-refractivity contribution in [1.82, 2.24) is 9.78 Å². The predicted octanol–water partition coefficient (Wildman–Crippen LogP) is 2.40. The van der Waals surface area contributed by atoms with Crippen molar-refractivity contribution in [2.24, 2.45) is 7.05 Å². The summed E-state index contributed by atoms with van der Waals surface area (Å²) in [6, 6.07) is 5.86. The van der Waals surface area contributed by atoms with Gasteiger partial charge in [-0.1, -0.05) is 15.9 Å². The third-order valence-electron chi connectivity index (χ3n) is 2.58. The minimum Gasteiger partial charge on any atom is -0.397 e. The molecule has 2 rings (SSSR count). The lowest BCUT2D eigenvalue weighted by Gasteiger charge is -2.20. The van der Waals surface area contributed by atoms with Crippen molar-refractivity contribution >= 4 is 27.3 Å². The second-order valence-electron chi connectivity index (χ2n) is 4.08. The third kappa shape index (κ3) is 2.79. The van der Waals surface area contributed by atoms with Gasteiger partial charge in [0, 0.05) is 36.9 Å². The first-order valence-corrected chi connectivity index (χ1v) is 6.09. The minimum atomic E-state index is 0.777. The lowest BCUT2D eigenvalue weighted by Crippen LogP contribution is -2.17. The van der Waals surface area contributed by atoms with E-state index in [4.69, 9.17) is 5.73 Å². The van der Waals surface area contributed by atoms with Gasteiger partial charge in [-0.05, 0) is 18.2 Å². The molecule has 0 aliphatic heterocycles. The summed E-state index contributed by atoms with van der Waals surface area (Å²) >= 11 is 3.46. The molecule has 0 saturated heterocycles. The number of nitrogen functional groups attached to an aromatic ring is 1. The van der Waals surface area contributed by atoms with Crippen molar-refractivity contribution in [2.75, 3.05) is 17.7 Å². The van der Waals surface area contributed by atoms with Gasteiger partial charge in [-0.3, -0.25) is 4.68 Å². The highest BCUT2D eigenvalue weighted by molar-refractivity contribution is 9.10. The Labute approximate surface area is 109 Å². The molecule has 1 aromatic carbocycles. The maximum Gasteiger partial charge on any atom is 0.0611 e. The lowest BCUT2D eigenvalue weighted by molar-refractivity contribution is 0.766. The number of aryl methyl sites for hydroxylation is 1. The molecule has 0 aliphatic rings. The fourth-order valence-corrected chi connectivity index (χ4v) is 2.11. The standard InChI is InChI=1S/C12H15BrN4/c1-16(7-9-6-15-17(2)8-9)12-5-10(13)3-4-11(12)14/h3-6,8H,7,14H2,1-2H3. The second-order valence-corrected chi connectivity index (χ2v) is 5.00. The number of aromatic nitrogens is 2. The van der Waals surface area contributed by atoms with Crippen LogP contribution in [0.2, 0.25) is 0 Å². The Balaban J connectivity index is 2.19. The van der Waals surface area contributed by atoms with E-state index in [0.717, 1.165) is 28.0 Å². The molecule has 90 valence electrons. The van der Waals surface area contributed by atoms with E-state index < -0.39 is 0 Å². The van der Waals surface area contributed by atoms with Gasteiger partial charge in [0.15, 0.2) is 0 Å². The lowest BCUT2D eigenvalue weighted by atomic mass is 10.2. The molecule has 0 fully saturated rings. The molecule has 2 N–H and O–H groups in total. The molecule has 0 unspecified atom stereocenters. The molecule has 0 spiro atoms. The van der Waals surface area contributed by atoms with E-state index in [1.807, 2.05) is 44.7 Å². The number of anilines is 2. The second kappa shape index (κ2) is 4.79. The number of benzene rings is 1. The zero-order chi connectivity index (χ0) is 12.4. The average Bonchev–Trinajstić information content (AvgIpc) is 2.67. The average molecular weight is 295 g/mol. The minimum absolute atomic E-state index is 0.777. The van der Waals surface area contributed by atoms with Gasteiger partial charge in [0.05, 0.1) is 17.6 Å². The summed E-state index contributed by atoms with van der Waals surface area (Å²) in [6.45, 7) is 0.786. The Morgan fingerprint density at radius 1 is 1.47 bits per heavy atom. The van der Waals surface area contributed by atoms with E-state index >= 15 is 0 Å². The molecule has 0 aliphatic carbocycles. The first-order valence-electron chi connectivity index (χ1n) is 5.30. The molecule has 5 heteroatoms. The summed E-state index contributed by atoms with van der Waals surface area (Å²) in [5, 5.41) is 4.15.